The Bertz CT molecular complexity index is 589. The van der Waals surface area contributed by atoms with Crippen LogP contribution in [0.5, 0.6) is 0 Å². The predicted octanol–water partition coefficient (Wildman–Crippen LogP) is 4.48. The van der Waals surface area contributed by atoms with Crippen molar-refractivity contribution in [3.8, 4) is 0 Å². The van der Waals surface area contributed by atoms with Gasteiger partial charge < -0.3 is 15.5 Å². The minimum Gasteiger partial charge on any atom is -0.378 e. The van der Waals surface area contributed by atoms with E-state index in [1.807, 2.05) is 37.2 Å². The van der Waals surface area contributed by atoms with Crippen LogP contribution in [0, 0.1) is 0 Å². The molecule has 5 heteroatoms. The molecule has 0 aromatic heterocycles. The molecule has 0 spiro atoms. The van der Waals surface area contributed by atoms with E-state index in [4.69, 9.17) is 0 Å². The first kappa shape index (κ1) is 21.3. The van der Waals surface area contributed by atoms with Gasteiger partial charge in [-0.15, -0.1) is 0 Å². The topological polar surface area (TPSA) is 61.4 Å². The molecular weight excluding hydrogens is 338 g/mol. The zero-order chi connectivity index (χ0) is 19.5. The molecule has 150 valence electrons. The lowest BCUT2D eigenvalue weighted by atomic mass is 9.98. The van der Waals surface area contributed by atoms with Crippen molar-refractivity contribution in [2.24, 2.45) is 0 Å². The molecule has 5 nitrogen and oxygen atoms in total. The smallest absolute Gasteiger partial charge is 0.313 e. The third-order valence-electron chi connectivity index (χ3n) is 5.27. The standard InChI is InChI=1S/C22H35N3O2/c1-25(2)20-16-12-15-19(17-20)24-22(27)21(26)23-18-13-10-8-6-4-3-5-7-9-11-14-18/h12,15-18H,3-11,13-14H2,1-2H3,(H,23,26)(H,24,27). The number of hydrogen-bond acceptors (Lipinski definition) is 3. The SMILES string of the molecule is CN(C)c1cccc(NC(=O)C(=O)NC2CCCCCCCCCCC2)c1. The molecule has 0 heterocycles. The molecule has 0 radical (unpaired) electrons. The molecule has 0 bridgehead atoms. The highest BCUT2D eigenvalue weighted by molar-refractivity contribution is 6.39. The lowest BCUT2D eigenvalue weighted by Crippen LogP contribution is -2.41. The number of rotatable bonds is 3. The summed E-state index contributed by atoms with van der Waals surface area (Å²) in [6.45, 7) is 0. The summed E-state index contributed by atoms with van der Waals surface area (Å²) in [4.78, 5) is 26.6. The maximum atomic E-state index is 12.4. The highest BCUT2D eigenvalue weighted by Gasteiger charge is 2.19. The first-order valence-corrected chi connectivity index (χ1v) is 10.5. The van der Waals surface area contributed by atoms with Crippen molar-refractivity contribution < 1.29 is 9.59 Å². The zero-order valence-corrected chi connectivity index (χ0v) is 16.9. The Morgan fingerprint density at radius 2 is 1.41 bits per heavy atom. The van der Waals surface area contributed by atoms with Gasteiger partial charge in [-0.1, -0.05) is 63.9 Å². The quantitative estimate of drug-likeness (QED) is 0.768. The summed E-state index contributed by atoms with van der Waals surface area (Å²) in [6.07, 6.45) is 13.2. The second-order valence-electron chi connectivity index (χ2n) is 7.83. The van der Waals surface area contributed by atoms with Crippen molar-refractivity contribution in [1.29, 1.82) is 0 Å². The van der Waals surface area contributed by atoms with E-state index in [-0.39, 0.29) is 6.04 Å². The number of amides is 2. The molecule has 1 aliphatic carbocycles. The molecule has 1 saturated carbocycles. The molecule has 2 amide bonds. The fourth-order valence-electron chi connectivity index (χ4n) is 3.61. The van der Waals surface area contributed by atoms with Gasteiger partial charge in [0.1, 0.15) is 0 Å². The van der Waals surface area contributed by atoms with Gasteiger partial charge in [-0.05, 0) is 31.0 Å². The zero-order valence-electron chi connectivity index (χ0n) is 16.9. The molecule has 27 heavy (non-hydrogen) atoms. The normalized spacial score (nSPS) is 17.3. The van der Waals surface area contributed by atoms with Crippen molar-refractivity contribution in [3.05, 3.63) is 24.3 Å². The third kappa shape index (κ3) is 8.02. The monoisotopic (exact) mass is 373 g/mol. The summed E-state index contributed by atoms with van der Waals surface area (Å²) in [5, 5.41) is 5.68. The highest BCUT2D eigenvalue weighted by Crippen LogP contribution is 2.18. The molecule has 1 aromatic rings. The highest BCUT2D eigenvalue weighted by atomic mass is 16.2. The molecule has 0 saturated heterocycles. The van der Waals surface area contributed by atoms with Crippen LogP contribution in [0.15, 0.2) is 24.3 Å². The first-order valence-electron chi connectivity index (χ1n) is 10.5. The number of carbonyl (C=O) groups is 2. The second-order valence-corrected chi connectivity index (χ2v) is 7.83. The van der Waals surface area contributed by atoms with Crippen LogP contribution in [0.2, 0.25) is 0 Å². The Balaban J connectivity index is 1.86. The van der Waals surface area contributed by atoms with E-state index >= 15 is 0 Å². The number of carbonyl (C=O) groups excluding carboxylic acids is 2. The molecule has 1 aromatic carbocycles. The van der Waals surface area contributed by atoms with Crippen molar-refractivity contribution in [1.82, 2.24) is 5.32 Å². The summed E-state index contributed by atoms with van der Waals surface area (Å²) < 4.78 is 0. The predicted molar refractivity (Wildman–Crippen MR) is 112 cm³/mol. The maximum Gasteiger partial charge on any atom is 0.313 e. The molecule has 0 atom stereocenters. The van der Waals surface area contributed by atoms with E-state index in [0.717, 1.165) is 31.4 Å². The average Bonchev–Trinajstić information content (AvgIpc) is 2.64. The summed E-state index contributed by atoms with van der Waals surface area (Å²) in [5.74, 6) is -1.11. The Morgan fingerprint density at radius 3 is 1.96 bits per heavy atom. The van der Waals surface area contributed by atoms with Crippen LogP contribution in [0.3, 0.4) is 0 Å². The van der Waals surface area contributed by atoms with Crippen LogP contribution in [-0.2, 0) is 9.59 Å². The van der Waals surface area contributed by atoms with Crippen molar-refractivity contribution in [3.63, 3.8) is 0 Å². The number of anilines is 2. The fourth-order valence-corrected chi connectivity index (χ4v) is 3.61. The summed E-state index contributed by atoms with van der Waals surface area (Å²) in [7, 11) is 3.88. The van der Waals surface area contributed by atoms with Gasteiger partial charge in [0.2, 0.25) is 0 Å². The average molecular weight is 374 g/mol. The van der Waals surface area contributed by atoms with E-state index in [0.29, 0.717) is 5.69 Å². The minimum absolute atomic E-state index is 0.107. The van der Waals surface area contributed by atoms with Crippen LogP contribution in [0.4, 0.5) is 11.4 Å². The van der Waals surface area contributed by atoms with Crippen LogP contribution in [-0.4, -0.2) is 32.0 Å². The van der Waals surface area contributed by atoms with E-state index in [2.05, 4.69) is 10.6 Å². The van der Waals surface area contributed by atoms with E-state index < -0.39 is 11.8 Å². The number of hydrogen-bond donors (Lipinski definition) is 2. The molecule has 0 aliphatic heterocycles. The van der Waals surface area contributed by atoms with E-state index in [1.165, 1.54) is 44.9 Å². The van der Waals surface area contributed by atoms with E-state index in [1.54, 1.807) is 6.07 Å². The van der Waals surface area contributed by atoms with Gasteiger partial charge in [0.15, 0.2) is 0 Å². The largest absolute Gasteiger partial charge is 0.378 e. The van der Waals surface area contributed by atoms with Gasteiger partial charge in [-0.2, -0.15) is 0 Å². The molecule has 1 aliphatic rings. The Kier molecular flexibility index (Phi) is 9.16. The number of nitrogens with one attached hydrogen (secondary N) is 2. The van der Waals surface area contributed by atoms with Crippen LogP contribution < -0.4 is 15.5 Å². The maximum absolute atomic E-state index is 12.4. The van der Waals surface area contributed by atoms with Crippen LogP contribution >= 0.6 is 0 Å². The Labute approximate surface area is 163 Å². The fraction of sp³-hybridized carbons (Fsp3) is 0.636. The lowest BCUT2D eigenvalue weighted by molar-refractivity contribution is -0.136. The molecule has 2 rings (SSSR count). The van der Waals surface area contributed by atoms with Crippen molar-refractivity contribution >= 4 is 23.2 Å². The number of benzene rings is 1. The molecule has 0 unspecified atom stereocenters. The van der Waals surface area contributed by atoms with Crippen molar-refractivity contribution in [2.75, 3.05) is 24.3 Å². The van der Waals surface area contributed by atoms with Gasteiger partial charge in [0.25, 0.3) is 0 Å². The Morgan fingerprint density at radius 1 is 0.852 bits per heavy atom. The molecule has 2 N–H and O–H groups in total. The van der Waals surface area contributed by atoms with Gasteiger partial charge in [-0.3, -0.25) is 9.59 Å². The Hall–Kier alpha value is -2.04. The van der Waals surface area contributed by atoms with Gasteiger partial charge in [-0.25, -0.2) is 0 Å². The van der Waals surface area contributed by atoms with Crippen molar-refractivity contribution in [2.45, 2.75) is 76.7 Å². The van der Waals surface area contributed by atoms with Crippen LogP contribution in [0.25, 0.3) is 0 Å². The summed E-state index contributed by atoms with van der Waals surface area (Å²) in [5.41, 5.74) is 1.62. The second kappa shape index (κ2) is 11.6. The summed E-state index contributed by atoms with van der Waals surface area (Å²) in [6, 6.07) is 7.60. The third-order valence-corrected chi connectivity index (χ3v) is 5.27. The van der Waals surface area contributed by atoms with Gasteiger partial charge >= 0.3 is 11.8 Å². The van der Waals surface area contributed by atoms with Crippen LogP contribution in [0.1, 0.15) is 70.6 Å². The first-order chi connectivity index (χ1) is 13.1. The van der Waals surface area contributed by atoms with Gasteiger partial charge in [0, 0.05) is 31.5 Å². The lowest BCUT2D eigenvalue weighted by Gasteiger charge is -2.19. The molecular formula is C22H35N3O2. The number of nitrogens with zero attached hydrogens (tertiary/aromatic N) is 1. The van der Waals surface area contributed by atoms with Gasteiger partial charge in [0.05, 0.1) is 0 Å². The van der Waals surface area contributed by atoms with E-state index in [9.17, 15) is 9.59 Å². The molecule has 1 fully saturated rings. The summed E-state index contributed by atoms with van der Waals surface area (Å²) >= 11 is 0. The minimum atomic E-state index is -0.586.